The number of hydrogen-bond acceptors (Lipinski definition) is 40. The van der Waals surface area contributed by atoms with Crippen LogP contribution in [0.2, 0.25) is 19.1 Å². The molecule has 3 aromatic rings. The molecule has 0 aromatic heterocycles. The lowest BCUT2D eigenvalue weighted by Crippen LogP contribution is -2.59. The van der Waals surface area contributed by atoms with E-state index in [4.69, 9.17) is 175 Å². The second-order valence-electron chi connectivity index (χ2n) is 28.7. The minimum atomic E-state index is -1.51. The molecule has 812 valence electrons. The fourth-order valence-corrected chi connectivity index (χ4v) is 15.4. The van der Waals surface area contributed by atoms with Crippen LogP contribution in [0.15, 0.2) is 413 Å². The summed E-state index contributed by atoms with van der Waals surface area (Å²) in [7, 11) is -1.51. The van der Waals surface area contributed by atoms with E-state index in [0.717, 1.165) is 73.2 Å². The van der Waals surface area contributed by atoms with E-state index in [-0.39, 0.29) is 37.3 Å². The largest absolute Gasteiger partial charge is 0.502 e. The first-order chi connectivity index (χ1) is 72.4. The van der Waals surface area contributed by atoms with Crippen molar-refractivity contribution in [2.45, 2.75) is 162 Å². The summed E-state index contributed by atoms with van der Waals surface area (Å²) >= 11 is 0. The highest BCUT2D eigenvalue weighted by Gasteiger charge is 2.61. The Morgan fingerprint density at radius 2 is 0.732 bits per heavy atom. The van der Waals surface area contributed by atoms with Gasteiger partial charge in [-0.25, -0.2) is 14.4 Å². The first-order valence-corrected chi connectivity index (χ1v) is 48.1. The molecule has 7 aliphatic heterocycles. The van der Waals surface area contributed by atoms with Crippen LogP contribution in [0.3, 0.4) is 0 Å². The van der Waals surface area contributed by atoms with E-state index in [0.29, 0.717) is 23.9 Å². The van der Waals surface area contributed by atoms with Gasteiger partial charge in [0.05, 0.1) is 195 Å². The van der Waals surface area contributed by atoms with Crippen molar-refractivity contribution in [3.8, 4) is 28.7 Å². The Kier molecular flexibility index (Phi) is 63.3. The van der Waals surface area contributed by atoms with Crippen LogP contribution in [0.4, 0.5) is 0 Å². The van der Waals surface area contributed by atoms with Crippen LogP contribution >= 0.6 is 0 Å². The van der Waals surface area contributed by atoms with Gasteiger partial charge in [0.2, 0.25) is 49.8 Å². The van der Waals surface area contributed by atoms with E-state index in [1.54, 1.807) is 18.2 Å². The average molecular weight is 2100 g/mol. The lowest BCUT2D eigenvalue weighted by molar-refractivity contribution is -0.493. The molecule has 7 heterocycles. The quantitative estimate of drug-likeness (QED) is 0.0166. The van der Waals surface area contributed by atoms with Crippen molar-refractivity contribution in [1.82, 2.24) is 0 Å². The van der Waals surface area contributed by atoms with Crippen molar-refractivity contribution in [2.75, 3.05) is 39.6 Å². The molecule has 10 rings (SSSR count). The molecule has 0 N–H and O–H groups in total. The van der Waals surface area contributed by atoms with Crippen molar-refractivity contribution in [3.05, 3.63) is 413 Å². The predicted molar refractivity (Wildman–Crippen MR) is 549 cm³/mol. The molecule has 0 bridgehead atoms. The van der Waals surface area contributed by atoms with Gasteiger partial charge in [-0.05, 0) is 49.8 Å². The Labute approximate surface area is 871 Å². The van der Waals surface area contributed by atoms with Gasteiger partial charge in [-0.3, -0.25) is 4.74 Å². The SMILES string of the molecule is C=COC1OC2C(OC=C)C(=O)OC2C1OC=C.C=COC1OC2OC(OC=C)C(OC=C)OC2OC1OC=C.C=COCC(OC=C)C1OC(=O)C(OC=C)=C1OC=C.C=COCC1C(OC=C)C(OC=C)OC(OC=C)C1OC=C.C=COCC1OC(=O)C(OC=C)C(OC=C)C1OC=C.C=COCCCO[Si](C)(C)CCCOC=C.C=COc1ccc(OC=C)c(OC=C)c1.C=COc1cccc2c(OC=C)cccc12. The summed E-state index contributed by atoms with van der Waals surface area (Å²) < 4.78 is 196. The van der Waals surface area contributed by atoms with Crippen molar-refractivity contribution in [1.29, 1.82) is 0 Å². The average Bonchev–Trinajstić information content (AvgIpc) is 1.59. The van der Waals surface area contributed by atoms with E-state index in [2.05, 4.69) is 191 Å². The number of rotatable bonds is 65. The first-order valence-electron chi connectivity index (χ1n) is 45.0. The van der Waals surface area contributed by atoms with Crippen LogP contribution in [0.1, 0.15) is 12.8 Å². The van der Waals surface area contributed by atoms with Gasteiger partial charge < -0.3 is 170 Å². The molecule has 0 spiro atoms. The zero-order valence-corrected chi connectivity index (χ0v) is 84.8. The Bertz CT molecular complexity index is 4680. The predicted octanol–water partition coefficient (Wildman–Crippen LogP) is 19.6. The van der Waals surface area contributed by atoms with Crippen LogP contribution in [-0.2, 0) is 166 Å². The molecule has 149 heavy (non-hydrogen) atoms. The van der Waals surface area contributed by atoms with Crippen LogP contribution in [-0.4, -0.2) is 196 Å². The maximum absolute atomic E-state index is 11.9. The molecule has 7 aliphatic rings. The van der Waals surface area contributed by atoms with Gasteiger partial charge in [-0.1, -0.05) is 202 Å². The Balaban J connectivity index is 0.000000439. The Morgan fingerprint density at radius 1 is 0.322 bits per heavy atom. The molecule has 6 fully saturated rings. The van der Waals surface area contributed by atoms with Gasteiger partial charge >= 0.3 is 17.9 Å². The summed E-state index contributed by atoms with van der Waals surface area (Å²) in [4.78, 5) is 35.2. The van der Waals surface area contributed by atoms with E-state index < -0.39 is 156 Å². The molecule has 19 unspecified atom stereocenters. The van der Waals surface area contributed by atoms with Gasteiger partial charge in [-0.15, -0.1) is 0 Å². The highest BCUT2D eigenvalue weighted by Crippen LogP contribution is 2.40. The second kappa shape index (κ2) is 74.5. The standard InChI is InChI=1S/C16H22O6.C14H18O8.C14H18O6.C14H16O6.C14H12O2.C12H14O6.C12H24O3Si.C12H12O3/c1-6-17-11-12-13(18-7-2)15(20-9-4)22-16(21-10-5)14(12)19-8-3;1-5-15-9-10(16-6-2)20-14-13(19-9)21-11(17-7-3)12(22-14)18-8-4;1-5-16-9-10-11(17-6-2)12(18-7-3)13(19-8-4)14(15)20-10;1-5-16-9-10(17-6-2)11-12(18-7-3)13(19-8-4)14(15)20-11;1-3-15-13-9-5-8-12-11(13)7-6-10-14(12)16-4-2;1-4-14-9-7-8(17-11(9)13)10(15-5-2)12(18-7)16-6-3;1-5-13-9-7-11-15-16(3,4)12-8-10-14-6-2;1-4-13-10-7-8-11(14-5-2)12(9-10)15-6-3/h6-10,12-16H,1-5,11H2;5-14H,1-4H2;5-8,10-13H,1-4,9H2;5-8,10-11H,1-4,9H2;3-10H,1-2H2;4-10,12H,1-3H2;5-6H,1-2,7-12H2,3-4H3;4-9H,1-3H2. The molecule has 3 aromatic carbocycles. The molecule has 40 nitrogen and oxygen atoms in total. The van der Waals surface area contributed by atoms with E-state index in [1.807, 2.05) is 36.4 Å². The minimum Gasteiger partial charge on any atom is -0.502 e. The fraction of sp³-hybridized carbons (Fsp3) is 0.306. The highest BCUT2D eigenvalue weighted by atomic mass is 28.4. The third kappa shape index (κ3) is 41.9. The van der Waals surface area contributed by atoms with Crippen LogP contribution < -0.4 is 23.7 Å². The highest BCUT2D eigenvalue weighted by molar-refractivity contribution is 6.71. The molecule has 41 heteroatoms. The zero-order chi connectivity index (χ0) is 110. The van der Waals surface area contributed by atoms with Crippen LogP contribution in [0.5, 0.6) is 28.7 Å². The van der Waals surface area contributed by atoms with Gasteiger partial charge in [0.1, 0.15) is 30.5 Å². The maximum Gasteiger partial charge on any atom is 0.378 e. The van der Waals surface area contributed by atoms with Gasteiger partial charge in [0, 0.05) is 29.9 Å². The van der Waals surface area contributed by atoms with Crippen LogP contribution in [0, 0.1) is 5.92 Å². The zero-order valence-electron chi connectivity index (χ0n) is 83.8. The smallest absolute Gasteiger partial charge is 0.378 e. The van der Waals surface area contributed by atoms with Crippen molar-refractivity contribution in [3.63, 3.8) is 0 Å². The second-order valence-corrected chi connectivity index (χ2v) is 33.1. The normalized spacial score (nSPS) is 23.9. The molecular formula is C108H136O40Si. The maximum atomic E-state index is 11.9. The monoisotopic (exact) mass is 2100 g/mol. The minimum absolute atomic E-state index is 0.0750. The number of cyclic esters (lactones) is 2. The molecule has 0 radical (unpaired) electrons. The molecule has 6 saturated heterocycles. The Morgan fingerprint density at radius 3 is 1.19 bits per heavy atom. The number of fused-ring (bicyclic) bond motifs is 3. The summed E-state index contributed by atoms with van der Waals surface area (Å²) in [6.45, 7) is 101. The van der Waals surface area contributed by atoms with E-state index >= 15 is 0 Å². The topological polar surface area (TPSA) is 393 Å². The number of ether oxygens (including phenoxy) is 36. The molecule has 19 atom stereocenters. The summed E-state index contributed by atoms with van der Waals surface area (Å²) in [5.74, 6) is 1.09. The third-order valence-corrected chi connectivity index (χ3v) is 21.9. The molecular weight excluding hydrogens is 1970 g/mol. The number of esters is 3. The van der Waals surface area contributed by atoms with Crippen molar-refractivity contribution < 1.29 is 189 Å². The number of benzene rings is 3. The lowest BCUT2D eigenvalue weighted by Gasteiger charge is -2.44. The summed E-state index contributed by atoms with van der Waals surface area (Å²) in [6.07, 6.45) is 19.9. The first kappa shape index (κ1) is 127. The van der Waals surface area contributed by atoms with Gasteiger partial charge in [0.15, 0.2) is 80.5 Å². The molecule has 0 aliphatic carbocycles. The molecule has 0 saturated carbocycles. The van der Waals surface area contributed by atoms with Crippen LogP contribution in [0.25, 0.3) is 10.8 Å². The third-order valence-electron chi connectivity index (χ3n) is 19.3. The van der Waals surface area contributed by atoms with Gasteiger partial charge in [0.25, 0.3) is 30.9 Å². The number of carbonyl (C=O) groups excluding carboxylic acids is 3. The number of carbonyl (C=O) groups is 3. The molecule has 0 amide bonds. The summed E-state index contributed by atoms with van der Waals surface area (Å²) in [5.41, 5.74) is 0. The van der Waals surface area contributed by atoms with Gasteiger partial charge in [-0.2, -0.15) is 0 Å². The number of hydrogen-bond donors (Lipinski definition) is 0. The Hall–Kier alpha value is -16.4. The van der Waals surface area contributed by atoms with E-state index in [9.17, 15) is 14.4 Å². The lowest BCUT2D eigenvalue weighted by atomic mass is 9.92. The summed E-state index contributed by atoms with van der Waals surface area (Å²) in [6, 6.07) is 17.8. The summed E-state index contributed by atoms with van der Waals surface area (Å²) in [5, 5.41) is 1.98. The van der Waals surface area contributed by atoms with Crippen molar-refractivity contribution >= 4 is 37.0 Å². The van der Waals surface area contributed by atoms with E-state index in [1.165, 1.54) is 150 Å². The fourth-order valence-electron chi connectivity index (χ4n) is 13.6. The van der Waals surface area contributed by atoms with Crippen molar-refractivity contribution in [2.24, 2.45) is 5.92 Å².